The maximum atomic E-state index is 14.2. The van der Waals surface area contributed by atoms with E-state index in [0.29, 0.717) is 28.4 Å². The van der Waals surface area contributed by atoms with Crippen molar-refractivity contribution in [2.45, 2.75) is 0 Å². The molecule has 2 N–H and O–H groups in total. The Labute approximate surface area is 174 Å². The lowest BCUT2D eigenvalue weighted by Gasteiger charge is -2.12. The van der Waals surface area contributed by atoms with E-state index in [2.05, 4.69) is 4.98 Å². The van der Waals surface area contributed by atoms with Gasteiger partial charge >= 0.3 is 5.84 Å². The minimum Gasteiger partial charge on any atom is -0.432 e. The van der Waals surface area contributed by atoms with E-state index in [1.165, 1.54) is 41.2 Å². The summed E-state index contributed by atoms with van der Waals surface area (Å²) in [7, 11) is 0. The van der Waals surface area contributed by atoms with Crippen LogP contribution < -0.4 is 5.49 Å². The smallest absolute Gasteiger partial charge is 0.306 e. The third-order valence-electron chi connectivity index (χ3n) is 4.97. The quantitative estimate of drug-likeness (QED) is 0.331. The van der Waals surface area contributed by atoms with Crippen LogP contribution in [0.5, 0.6) is 0 Å². The largest absolute Gasteiger partial charge is 0.432 e. The summed E-state index contributed by atoms with van der Waals surface area (Å²) in [5.74, 6) is -0.720. The number of aromatic nitrogens is 3. The molecule has 0 aliphatic heterocycles. The highest BCUT2D eigenvalue weighted by atomic mass is 19.1. The molecule has 6 nitrogen and oxygen atoms in total. The van der Waals surface area contributed by atoms with Crippen molar-refractivity contribution >= 4 is 11.7 Å². The maximum Gasteiger partial charge on any atom is 0.306 e. The number of nitrogens with zero attached hydrogens (tertiary/aromatic N) is 3. The zero-order chi connectivity index (χ0) is 21.5. The van der Waals surface area contributed by atoms with Crippen LogP contribution in [0, 0.1) is 22.5 Å². The summed E-state index contributed by atoms with van der Waals surface area (Å²) in [6.45, 7) is 0. The molecule has 0 aliphatic rings. The fourth-order valence-corrected chi connectivity index (χ4v) is 3.48. The molecule has 8 heteroatoms. The summed E-state index contributed by atoms with van der Waals surface area (Å²) < 4.78 is 36.1. The molecule has 0 spiro atoms. The van der Waals surface area contributed by atoms with Crippen molar-refractivity contribution in [3.8, 4) is 22.5 Å². The summed E-state index contributed by atoms with van der Waals surface area (Å²) in [6, 6.07) is 15.1. The maximum absolute atomic E-state index is 14.2. The van der Waals surface area contributed by atoms with Crippen LogP contribution in [0.2, 0.25) is 0 Å². The SMILES string of the molecule is N=C(c1ccccc1F)n1cc(-c2c(-c3ccc(F)cc3)nc3occn23)ccc1=N. The van der Waals surface area contributed by atoms with Crippen LogP contribution in [0.1, 0.15) is 5.56 Å². The van der Waals surface area contributed by atoms with Crippen molar-refractivity contribution in [3.63, 3.8) is 0 Å². The minimum absolute atomic E-state index is 0.0216. The van der Waals surface area contributed by atoms with E-state index in [1.54, 1.807) is 47.1 Å². The Morgan fingerprint density at radius 3 is 2.45 bits per heavy atom. The molecule has 0 unspecified atom stereocenters. The van der Waals surface area contributed by atoms with Gasteiger partial charge < -0.3 is 4.42 Å². The second-order valence-electron chi connectivity index (χ2n) is 6.87. The molecule has 0 bridgehead atoms. The second kappa shape index (κ2) is 7.17. The van der Waals surface area contributed by atoms with Crippen molar-refractivity contribution in [3.05, 3.63) is 102 Å². The number of imidazole rings is 1. The molecule has 2 aromatic carbocycles. The van der Waals surface area contributed by atoms with Gasteiger partial charge in [0.15, 0.2) is 0 Å². The van der Waals surface area contributed by atoms with Crippen LogP contribution in [0.4, 0.5) is 8.78 Å². The molecule has 0 saturated heterocycles. The Bertz CT molecular complexity index is 1490. The standard InChI is InChI=1S/C23H15F2N5O/c24-16-8-5-14(6-9-16)20-21(29-11-12-31-23(29)28-20)15-7-10-19(26)30(13-15)22(27)17-3-1-2-4-18(17)25/h1-13,26-27H. The molecular formula is C23H15F2N5O. The van der Waals surface area contributed by atoms with E-state index in [-0.39, 0.29) is 22.7 Å². The van der Waals surface area contributed by atoms with Crippen LogP contribution in [0.25, 0.3) is 28.4 Å². The number of hydrogen-bond acceptors (Lipinski definition) is 4. The molecule has 31 heavy (non-hydrogen) atoms. The van der Waals surface area contributed by atoms with Gasteiger partial charge in [-0.3, -0.25) is 19.8 Å². The Kier molecular flexibility index (Phi) is 4.32. The monoisotopic (exact) mass is 415 g/mol. The summed E-state index contributed by atoms with van der Waals surface area (Å²) >= 11 is 0. The summed E-state index contributed by atoms with van der Waals surface area (Å²) in [5.41, 5.74) is 2.62. The molecule has 5 rings (SSSR count). The van der Waals surface area contributed by atoms with Crippen molar-refractivity contribution in [2.24, 2.45) is 0 Å². The predicted octanol–water partition coefficient (Wildman–Crippen LogP) is 4.69. The van der Waals surface area contributed by atoms with Gasteiger partial charge in [-0.25, -0.2) is 8.78 Å². The van der Waals surface area contributed by atoms with Crippen LogP contribution in [-0.2, 0) is 0 Å². The van der Waals surface area contributed by atoms with Crippen LogP contribution in [0.15, 0.2) is 83.7 Å². The number of benzene rings is 2. The third-order valence-corrected chi connectivity index (χ3v) is 4.97. The second-order valence-corrected chi connectivity index (χ2v) is 6.87. The number of nitrogens with one attached hydrogen (secondary N) is 2. The highest BCUT2D eigenvalue weighted by molar-refractivity contribution is 5.98. The van der Waals surface area contributed by atoms with Crippen molar-refractivity contribution < 1.29 is 13.2 Å². The van der Waals surface area contributed by atoms with Gasteiger partial charge in [0, 0.05) is 23.5 Å². The molecule has 3 aromatic heterocycles. The van der Waals surface area contributed by atoms with Gasteiger partial charge in [-0.2, -0.15) is 4.98 Å². The third kappa shape index (κ3) is 3.14. The molecule has 5 aromatic rings. The Morgan fingerprint density at radius 1 is 0.935 bits per heavy atom. The number of rotatable bonds is 3. The average molecular weight is 415 g/mol. The Hall–Kier alpha value is -4.33. The van der Waals surface area contributed by atoms with E-state index in [1.807, 2.05) is 0 Å². The number of halogens is 2. The minimum atomic E-state index is -0.543. The predicted molar refractivity (Wildman–Crippen MR) is 111 cm³/mol. The number of hydrogen-bond donors (Lipinski definition) is 2. The zero-order valence-electron chi connectivity index (χ0n) is 16.0. The summed E-state index contributed by atoms with van der Waals surface area (Å²) in [4.78, 5) is 4.52. The van der Waals surface area contributed by atoms with Gasteiger partial charge in [-0.1, -0.05) is 12.1 Å². The molecule has 0 atom stereocenters. The average Bonchev–Trinajstić information content (AvgIpc) is 3.36. The first-order valence-electron chi connectivity index (χ1n) is 9.36. The van der Waals surface area contributed by atoms with E-state index < -0.39 is 5.82 Å². The first-order valence-corrected chi connectivity index (χ1v) is 9.36. The van der Waals surface area contributed by atoms with Gasteiger partial charge in [0.2, 0.25) is 0 Å². The van der Waals surface area contributed by atoms with Crippen LogP contribution in [0.3, 0.4) is 0 Å². The zero-order valence-corrected chi connectivity index (χ0v) is 16.0. The van der Waals surface area contributed by atoms with E-state index in [0.717, 1.165) is 0 Å². The molecule has 0 saturated carbocycles. The Balaban J connectivity index is 1.71. The molecule has 0 amide bonds. The lowest BCUT2D eigenvalue weighted by molar-refractivity contribution is 0.596. The van der Waals surface area contributed by atoms with E-state index in [4.69, 9.17) is 15.2 Å². The van der Waals surface area contributed by atoms with Gasteiger partial charge in [-0.05, 0) is 48.5 Å². The van der Waals surface area contributed by atoms with Crippen molar-refractivity contribution in [1.82, 2.24) is 14.0 Å². The lowest BCUT2D eigenvalue weighted by Crippen LogP contribution is -2.27. The highest BCUT2D eigenvalue weighted by Gasteiger charge is 2.19. The topological polar surface area (TPSA) is 83.1 Å². The van der Waals surface area contributed by atoms with Gasteiger partial charge in [-0.15, -0.1) is 0 Å². The van der Waals surface area contributed by atoms with Crippen LogP contribution in [-0.4, -0.2) is 19.8 Å². The molecule has 0 radical (unpaired) electrons. The summed E-state index contributed by atoms with van der Waals surface area (Å²) in [6.07, 6.45) is 4.78. The first-order chi connectivity index (χ1) is 15.0. The van der Waals surface area contributed by atoms with Crippen molar-refractivity contribution in [2.75, 3.05) is 0 Å². The van der Waals surface area contributed by atoms with Crippen LogP contribution >= 0.6 is 0 Å². The molecule has 0 fully saturated rings. The summed E-state index contributed by atoms with van der Waals surface area (Å²) in [5, 5.41) is 16.7. The molecule has 0 aliphatic carbocycles. The van der Waals surface area contributed by atoms with Crippen molar-refractivity contribution in [1.29, 1.82) is 10.8 Å². The number of pyridine rings is 1. The van der Waals surface area contributed by atoms with E-state index >= 15 is 0 Å². The fraction of sp³-hybridized carbons (Fsp3) is 0. The molecule has 3 heterocycles. The molecule has 152 valence electrons. The fourth-order valence-electron chi connectivity index (χ4n) is 3.48. The highest BCUT2D eigenvalue weighted by Crippen LogP contribution is 2.32. The number of oxazole rings is 1. The van der Waals surface area contributed by atoms with Gasteiger partial charge in [0.1, 0.15) is 34.9 Å². The number of fused-ring (bicyclic) bond motifs is 1. The molecular weight excluding hydrogens is 400 g/mol. The van der Waals surface area contributed by atoms with Gasteiger partial charge in [0.05, 0.1) is 11.3 Å². The normalized spacial score (nSPS) is 11.2. The first kappa shape index (κ1) is 18.7. The Morgan fingerprint density at radius 2 is 1.68 bits per heavy atom. The lowest BCUT2D eigenvalue weighted by atomic mass is 10.1. The van der Waals surface area contributed by atoms with E-state index in [9.17, 15) is 8.78 Å². The van der Waals surface area contributed by atoms with Gasteiger partial charge in [0.25, 0.3) is 0 Å².